The lowest BCUT2D eigenvalue weighted by molar-refractivity contribution is -0.384. The van der Waals surface area contributed by atoms with E-state index in [0.717, 1.165) is 6.07 Å². The van der Waals surface area contributed by atoms with Gasteiger partial charge in [0.1, 0.15) is 12.2 Å². The number of hydrogen-bond donors (Lipinski definition) is 2. The number of carbonyl (C=O) groups excluding carboxylic acids is 2. The molecule has 0 atom stereocenters. The molecule has 3 rings (SSSR count). The third-order valence-electron chi connectivity index (χ3n) is 4.62. The van der Waals surface area contributed by atoms with Crippen LogP contribution in [0.4, 0.5) is 30.2 Å². The number of rotatable bonds is 6. The van der Waals surface area contributed by atoms with E-state index in [1.807, 2.05) is 0 Å². The average Bonchev–Trinajstić information content (AvgIpc) is 2.77. The molecule has 2 amide bonds. The third kappa shape index (κ3) is 5.94. The van der Waals surface area contributed by atoms with Crippen LogP contribution in [0.25, 0.3) is 0 Å². The van der Waals surface area contributed by atoms with E-state index in [2.05, 4.69) is 5.32 Å². The molecule has 0 aliphatic carbocycles. The number of nitrogens with zero attached hydrogens (tertiary/aromatic N) is 2. The minimum atomic E-state index is -4.55. The first-order chi connectivity index (χ1) is 15.1. The van der Waals surface area contributed by atoms with E-state index in [1.165, 1.54) is 36.4 Å². The summed E-state index contributed by atoms with van der Waals surface area (Å²) in [5.74, 6) is -1.63. The van der Waals surface area contributed by atoms with Crippen molar-refractivity contribution >= 4 is 28.9 Å². The quantitative estimate of drug-likeness (QED) is 0.515. The molecular formula is C20H19F3N4O5. The van der Waals surface area contributed by atoms with Crippen molar-refractivity contribution in [3.05, 3.63) is 63.7 Å². The van der Waals surface area contributed by atoms with Crippen LogP contribution >= 0.6 is 0 Å². The number of carbonyl (C=O) groups is 2. The number of alkyl halides is 3. The Hall–Kier alpha value is -3.67. The molecule has 1 heterocycles. The van der Waals surface area contributed by atoms with Crippen molar-refractivity contribution in [3.8, 4) is 0 Å². The molecule has 2 aromatic rings. The highest BCUT2D eigenvalue weighted by atomic mass is 19.4. The monoisotopic (exact) mass is 452 g/mol. The van der Waals surface area contributed by atoms with Gasteiger partial charge in [-0.2, -0.15) is 13.2 Å². The van der Waals surface area contributed by atoms with Gasteiger partial charge in [0.25, 0.3) is 17.5 Å². The number of ether oxygens (including phenoxy) is 1. The summed E-state index contributed by atoms with van der Waals surface area (Å²) in [6.07, 6.45) is -4.55. The van der Waals surface area contributed by atoms with Gasteiger partial charge in [-0.15, -0.1) is 0 Å². The van der Waals surface area contributed by atoms with E-state index in [9.17, 15) is 32.9 Å². The molecule has 32 heavy (non-hydrogen) atoms. The number of amides is 2. The number of hydrogen-bond acceptors (Lipinski definition) is 6. The first-order valence-electron chi connectivity index (χ1n) is 9.51. The standard InChI is InChI=1S/C20H19F3N4O5/c21-20(22,23)12-24-18(28)13-2-1-3-15(10-13)25-19(29)14-4-5-16(17(11-14)27(30)31)26-6-8-32-9-7-26/h1-5,10-11H,6-9,12H2,(H,24,28)(H,25,29). The zero-order valence-corrected chi connectivity index (χ0v) is 16.6. The number of nitro groups is 1. The van der Waals surface area contributed by atoms with Gasteiger partial charge in [0, 0.05) is 36.0 Å². The minimum Gasteiger partial charge on any atom is -0.378 e. The molecule has 0 radical (unpaired) electrons. The average molecular weight is 452 g/mol. The summed E-state index contributed by atoms with van der Waals surface area (Å²) in [6.45, 7) is 0.352. The van der Waals surface area contributed by atoms with Crippen LogP contribution in [0.2, 0.25) is 0 Å². The molecule has 0 saturated carbocycles. The molecule has 170 valence electrons. The third-order valence-corrected chi connectivity index (χ3v) is 4.62. The fraction of sp³-hybridized carbons (Fsp3) is 0.300. The summed E-state index contributed by atoms with van der Waals surface area (Å²) in [4.78, 5) is 37.3. The Morgan fingerprint density at radius 1 is 1.06 bits per heavy atom. The number of benzene rings is 2. The number of nitrogens with one attached hydrogen (secondary N) is 2. The minimum absolute atomic E-state index is 0.0145. The molecule has 1 aliphatic heterocycles. The molecule has 0 unspecified atom stereocenters. The van der Waals surface area contributed by atoms with Crippen LogP contribution in [-0.4, -0.2) is 55.8 Å². The van der Waals surface area contributed by atoms with Crippen molar-refractivity contribution in [1.29, 1.82) is 0 Å². The van der Waals surface area contributed by atoms with Gasteiger partial charge in [0.2, 0.25) is 0 Å². The maximum absolute atomic E-state index is 12.6. The predicted octanol–water partition coefficient (Wildman–Crippen LogP) is 2.98. The first kappa shape index (κ1) is 23.0. The summed E-state index contributed by atoms with van der Waals surface area (Å²) in [5.41, 5.74) is 0.217. The van der Waals surface area contributed by atoms with Gasteiger partial charge < -0.3 is 20.3 Å². The van der Waals surface area contributed by atoms with E-state index in [4.69, 9.17) is 4.74 Å². The predicted molar refractivity (Wildman–Crippen MR) is 109 cm³/mol. The molecule has 1 fully saturated rings. The largest absolute Gasteiger partial charge is 0.405 e. The summed E-state index contributed by atoms with van der Waals surface area (Å²) >= 11 is 0. The molecule has 2 N–H and O–H groups in total. The molecule has 0 aromatic heterocycles. The van der Waals surface area contributed by atoms with Crippen LogP contribution in [0.15, 0.2) is 42.5 Å². The van der Waals surface area contributed by atoms with Gasteiger partial charge in [-0.05, 0) is 30.3 Å². The highest BCUT2D eigenvalue weighted by Gasteiger charge is 2.28. The lowest BCUT2D eigenvalue weighted by atomic mass is 10.1. The molecule has 1 saturated heterocycles. The highest BCUT2D eigenvalue weighted by Crippen LogP contribution is 2.30. The van der Waals surface area contributed by atoms with Crippen LogP contribution in [0.3, 0.4) is 0 Å². The molecular weight excluding hydrogens is 433 g/mol. The van der Waals surface area contributed by atoms with E-state index in [1.54, 1.807) is 10.2 Å². The maximum Gasteiger partial charge on any atom is 0.405 e. The molecule has 1 aliphatic rings. The fourth-order valence-corrected chi connectivity index (χ4v) is 3.11. The topological polar surface area (TPSA) is 114 Å². The second kappa shape index (κ2) is 9.64. The van der Waals surface area contributed by atoms with Gasteiger partial charge in [0.15, 0.2) is 0 Å². The zero-order chi connectivity index (χ0) is 23.3. The van der Waals surface area contributed by atoms with Crippen molar-refractivity contribution in [1.82, 2.24) is 5.32 Å². The Kier molecular flexibility index (Phi) is 6.93. The lowest BCUT2D eigenvalue weighted by Crippen LogP contribution is -2.36. The molecule has 12 heteroatoms. The van der Waals surface area contributed by atoms with Crippen molar-refractivity contribution in [2.45, 2.75) is 6.18 Å². The fourth-order valence-electron chi connectivity index (χ4n) is 3.11. The van der Waals surface area contributed by atoms with Crippen molar-refractivity contribution in [2.75, 3.05) is 43.1 Å². The van der Waals surface area contributed by atoms with Gasteiger partial charge in [-0.3, -0.25) is 19.7 Å². The van der Waals surface area contributed by atoms with E-state index < -0.39 is 29.5 Å². The Bertz CT molecular complexity index is 1020. The Morgan fingerprint density at radius 3 is 2.41 bits per heavy atom. The van der Waals surface area contributed by atoms with Gasteiger partial charge >= 0.3 is 6.18 Å². The van der Waals surface area contributed by atoms with Crippen LogP contribution in [-0.2, 0) is 4.74 Å². The van der Waals surface area contributed by atoms with Gasteiger partial charge in [-0.1, -0.05) is 6.07 Å². The first-order valence-corrected chi connectivity index (χ1v) is 9.51. The van der Waals surface area contributed by atoms with Gasteiger partial charge in [-0.25, -0.2) is 0 Å². The van der Waals surface area contributed by atoms with Gasteiger partial charge in [0.05, 0.1) is 18.1 Å². The Morgan fingerprint density at radius 2 is 1.75 bits per heavy atom. The molecule has 0 bridgehead atoms. The highest BCUT2D eigenvalue weighted by molar-refractivity contribution is 6.06. The van der Waals surface area contributed by atoms with E-state index in [0.29, 0.717) is 32.0 Å². The smallest absolute Gasteiger partial charge is 0.378 e. The Labute approximate surface area is 180 Å². The number of morpholine rings is 1. The number of halogens is 3. The SMILES string of the molecule is O=C(NCC(F)(F)F)c1cccc(NC(=O)c2ccc(N3CCOCC3)c([N+](=O)[O-])c2)c1. The second-order valence-electron chi connectivity index (χ2n) is 6.89. The summed E-state index contributed by atoms with van der Waals surface area (Å²) in [5, 5.41) is 15.8. The zero-order valence-electron chi connectivity index (χ0n) is 16.6. The van der Waals surface area contributed by atoms with Crippen LogP contribution < -0.4 is 15.5 Å². The van der Waals surface area contributed by atoms with Crippen LogP contribution in [0.5, 0.6) is 0 Å². The van der Waals surface area contributed by atoms with Crippen molar-refractivity contribution in [3.63, 3.8) is 0 Å². The summed E-state index contributed by atoms with van der Waals surface area (Å²) in [6, 6.07) is 9.41. The van der Waals surface area contributed by atoms with Crippen molar-refractivity contribution < 1.29 is 32.4 Å². The Balaban J connectivity index is 1.75. The van der Waals surface area contributed by atoms with Crippen LogP contribution in [0.1, 0.15) is 20.7 Å². The molecule has 2 aromatic carbocycles. The number of anilines is 2. The van der Waals surface area contributed by atoms with Crippen molar-refractivity contribution in [2.24, 2.45) is 0 Å². The van der Waals surface area contributed by atoms with Crippen LogP contribution in [0, 0.1) is 10.1 Å². The number of nitro benzene ring substituents is 1. The maximum atomic E-state index is 12.6. The second-order valence-corrected chi connectivity index (χ2v) is 6.89. The molecule has 0 spiro atoms. The normalized spacial score (nSPS) is 14.0. The molecule has 9 nitrogen and oxygen atoms in total. The van der Waals surface area contributed by atoms with E-state index in [-0.39, 0.29) is 22.5 Å². The summed E-state index contributed by atoms with van der Waals surface area (Å²) < 4.78 is 42.1. The lowest BCUT2D eigenvalue weighted by Gasteiger charge is -2.28. The van der Waals surface area contributed by atoms with E-state index >= 15 is 0 Å². The summed E-state index contributed by atoms with van der Waals surface area (Å²) in [7, 11) is 0.